The van der Waals surface area contributed by atoms with Crippen molar-refractivity contribution < 1.29 is 4.42 Å². The molecule has 0 bridgehead atoms. The third-order valence-electron chi connectivity index (χ3n) is 2.18. The average molecular weight is 243 g/mol. The molecule has 5 heteroatoms. The van der Waals surface area contributed by atoms with Crippen molar-refractivity contribution in [2.75, 3.05) is 5.32 Å². The molecule has 0 aliphatic rings. The zero-order valence-electron chi connectivity index (χ0n) is 8.83. The molecule has 0 saturated heterocycles. The van der Waals surface area contributed by atoms with Gasteiger partial charge in [-0.05, 0) is 24.3 Å². The molecular weight excluding hydrogens is 234 g/mol. The highest BCUT2D eigenvalue weighted by Crippen LogP contribution is 2.28. The Bertz CT molecular complexity index is 589. The van der Waals surface area contributed by atoms with Crippen molar-refractivity contribution in [3.8, 4) is 10.8 Å². The van der Waals surface area contributed by atoms with Crippen LogP contribution in [-0.4, -0.2) is 10.2 Å². The van der Waals surface area contributed by atoms with Gasteiger partial charge in [-0.3, -0.25) is 0 Å². The second-order valence-electron chi connectivity index (χ2n) is 3.38. The number of nitrogens with zero attached hydrogens (tertiary/aromatic N) is 2. The number of anilines is 2. The lowest BCUT2D eigenvalue weighted by molar-refractivity contribution is 0.581. The van der Waals surface area contributed by atoms with Crippen LogP contribution in [0.1, 0.15) is 0 Å². The zero-order valence-corrected chi connectivity index (χ0v) is 9.65. The molecule has 2 heterocycles. The Morgan fingerprint density at radius 1 is 1.00 bits per heavy atom. The molecule has 0 fully saturated rings. The van der Waals surface area contributed by atoms with Crippen molar-refractivity contribution in [3.05, 3.63) is 48.7 Å². The molecule has 0 saturated carbocycles. The summed E-state index contributed by atoms with van der Waals surface area (Å²) in [5, 5.41) is 12.8. The van der Waals surface area contributed by atoms with Crippen molar-refractivity contribution in [2.45, 2.75) is 0 Å². The van der Waals surface area contributed by atoms with Crippen molar-refractivity contribution in [1.82, 2.24) is 10.2 Å². The lowest BCUT2D eigenvalue weighted by atomic mass is 10.3. The maximum Gasteiger partial charge on any atom is 0.210 e. The first-order chi connectivity index (χ1) is 8.42. The third kappa shape index (κ3) is 2.19. The van der Waals surface area contributed by atoms with Gasteiger partial charge in [-0.1, -0.05) is 29.5 Å². The smallest absolute Gasteiger partial charge is 0.210 e. The van der Waals surface area contributed by atoms with Gasteiger partial charge in [-0.25, -0.2) is 0 Å². The highest BCUT2D eigenvalue weighted by Gasteiger charge is 2.08. The molecule has 3 aromatic rings. The van der Waals surface area contributed by atoms with Crippen molar-refractivity contribution >= 4 is 22.2 Å². The molecule has 4 nitrogen and oxygen atoms in total. The summed E-state index contributed by atoms with van der Waals surface area (Å²) in [6, 6.07) is 13.6. The van der Waals surface area contributed by atoms with E-state index < -0.39 is 0 Å². The number of benzene rings is 1. The van der Waals surface area contributed by atoms with E-state index >= 15 is 0 Å². The summed E-state index contributed by atoms with van der Waals surface area (Å²) in [4.78, 5) is 0. The quantitative estimate of drug-likeness (QED) is 0.764. The molecule has 0 aliphatic carbocycles. The van der Waals surface area contributed by atoms with E-state index in [4.69, 9.17) is 4.42 Å². The minimum atomic E-state index is 0.739. The number of para-hydroxylation sites is 1. The molecule has 84 valence electrons. The molecule has 0 aliphatic heterocycles. The van der Waals surface area contributed by atoms with Crippen LogP contribution >= 0.6 is 11.3 Å². The number of hydrogen-bond acceptors (Lipinski definition) is 5. The second-order valence-corrected chi connectivity index (χ2v) is 4.36. The van der Waals surface area contributed by atoms with Crippen LogP contribution in [0.2, 0.25) is 0 Å². The fraction of sp³-hybridized carbons (Fsp3) is 0. The first-order valence-corrected chi connectivity index (χ1v) is 5.93. The minimum absolute atomic E-state index is 0.739. The molecule has 0 atom stereocenters. The molecule has 0 radical (unpaired) electrons. The number of furan rings is 1. The van der Waals surface area contributed by atoms with Gasteiger partial charge in [0.15, 0.2) is 10.8 Å². The predicted octanol–water partition coefficient (Wildman–Crippen LogP) is 3.54. The maximum atomic E-state index is 5.26. The lowest BCUT2D eigenvalue weighted by Crippen LogP contribution is -1.87. The van der Waals surface area contributed by atoms with Gasteiger partial charge in [0.05, 0.1) is 6.26 Å². The highest BCUT2D eigenvalue weighted by molar-refractivity contribution is 7.18. The van der Waals surface area contributed by atoms with Crippen LogP contribution in [0.3, 0.4) is 0 Å². The third-order valence-corrected chi connectivity index (χ3v) is 3.04. The van der Waals surface area contributed by atoms with E-state index in [1.54, 1.807) is 6.26 Å². The van der Waals surface area contributed by atoms with Gasteiger partial charge in [-0.2, -0.15) is 0 Å². The summed E-state index contributed by atoms with van der Waals surface area (Å²) in [7, 11) is 0. The number of aromatic nitrogens is 2. The van der Waals surface area contributed by atoms with Gasteiger partial charge in [0.25, 0.3) is 0 Å². The molecule has 3 rings (SSSR count). The summed E-state index contributed by atoms with van der Waals surface area (Å²) >= 11 is 1.46. The zero-order chi connectivity index (χ0) is 11.5. The monoisotopic (exact) mass is 243 g/mol. The van der Waals surface area contributed by atoms with Gasteiger partial charge in [0, 0.05) is 5.69 Å². The maximum absolute atomic E-state index is 5.26. The van der Waals surface area contributed by atoms with Gasteiger partial charge >= 0.3 is 0 Å². The lowest BCUT2D eigenvalue weighted by Gasteiger charge is -1.99. The summed E-state index contributed by atoms with van der Waals surface area (Å²) < 4.78 is 5.26. The van der Waals surface area contributed by atoms with E-state index in [0.717, 1.165) is 21.6 Å². The van der Waals surface area contributed by atoms with Crippen LogP contribution < -0.4 is 5.32 Å². The molecule has 2 aromatic heterocycles. The SMILES string of the molecule is c1ccc(Nc2nnc(-c3ccco3)s2)cc1. The number of hydrogen-bond donors (Lipinski definition) is 1. The van der Waals surface area contributed by atoms with Crippen LogP contribution in [0, 0.1) is 0 Å². The summed E-state index contributed by atoms with van der Waals surface area (Å²) in [6.07, 6.45) is 1.63. The standard InChI is InChI=1S/C12H9N3OS/c1-2-5-9(6-3-1)13-12-15-14-11(17-12)10-7-4-8-16-10/h1-8H,(H,13,15). The number of nitrogens with one attached hydrogen (secondary N) is 1. The Morgan fingerprint density at radius 2 is 1.88 bits per heavy atom. The minimum Gasteiger partial charge on any atom is -0.462 e. The van der Waals surface area contributed by atoms with Crippen molar-refractivity contribution in [3.63, 3.8) is 0 Å². The second kappa shape index (κ2) is 4.39. The van der Waals surface area contributed by atoms with E-state index in [1.807, 2.05) is 42.5 Å². The molecular formula is C12H9N3OS. The molecule has 0 amide bonds. The van der Waals surface area contributed by atoms with Crippen molar-refractivity contribution in [1.29, 1.82) is 0 Å². The Kier molecular flexibility index (Phi) is 2.59. The molecule has 1 aromatic carbocycles. The van der Waals surface area contributed by atoms with Crippen LogP contribution in [0.15, 0.2) is 53.1 Å². The highest BCUT2D eigenvalue weighted by atomic mass is 32.1. The average Bonchev–Trinajstić information content (AvgIpc) is 3.00. The topological polar surface area (TPSA) is 51.0 Å². The van der Waals surface area contributed by atoms with Crippen LogP contribution in [0.5, 0.6) is 0 Å². The van der Waals surface area contributed by atoms with E-state index in [0.29, 0.717) is 0 Å². The van der Waals surface area contributed by atoms with Crippen LogP contribution in [-0.2, 0) is 0 Å². The van der Waals surface area contributed by atoms with Gasteiger partial charge in [0.1, 0.15) is 0 Å². The Balaban J connectivity index is 1.82. The summed E-state index contributed by atoms with van der Waals surface area (Å²) in [6.45, 7) is 0. The molecule has 0 spiro atoms. The first-order valence-electron chi connectivity index (χ1n) is 5.11. The fourth-order valence-corrected chi connectivity index (χ4v) is 2.15. The van der Waals surface area contributed by atoms with Crippen molar-refractivity contribution in [2.24, 2.45) is 0 Å². The Hall–Kier alpha value is -2.14. The first kappa shape index (κ1) is 10.0. The largest absolute Gasteiger partial charge is 0.462 e. The van der Waals surface area contributed by atoms with Gasteiger partial charge in [0.2, 0.25) is 5.13 Å². The van der Waals surface area contributed by atoms with E-state index in [9.17, 15) is 0 Å². The molecule has 17 heavy (non-hydrogen) atoms. The summed E-state index contributed by atoms with van der Waals surface area (Å²) in [5.41, 5.74) is 0.995. The van der Waals surface area contributed by atoms with Gasteiger partial charge in [-0.15, -0.1) is 10.2 Å². The number of rotatable bonds is 3. The van der Waals surface area contributed by atoms with E-state index in [2.05, 4.69) is 15.5 Å². The predicted molar refractivity (Wildman–Crippen MR) is 67.3 cm³/mol. The van der Waals surface area contributed by atoms with Gasteiger partial charge < -0.3 is 9.73 Å². The molecule has 1 N–H and O–H groups in total. The normalized spacial score (nSPS) is 10.4. The fourth-order valence-electron chi connectivity index (χ4n) is 1.42. The summed E-state index contributed by atoms with van der Waals surface area (Å²) in [5.74, 6) is 0.739. The van der Waals surface area contributed by atoms with Crippen LogP contribution in [0.25, 0.3) is 10.8 Å². The Morgan fingerprint density at radius 3 is 2.65 bits per heavy atom. The van der Waals surface area contributed by atoms with E-state index in [-0.39, 0.29) is 0 Å². The van der Waals surface area contributed by atoms with Crippen LogP contribution in [0.4, 0.5) is 10.8 Å². The molecule has 0 unspecified atom stereocenters. The Labute approximate surface area is 102 Å². The van der Waals surface area contributed by atoms with E-state index in [1.165, 1.54) is 11.3 Å².